The maximum Gasteiger partial charge on any atom is 0.186 e. The van der Waals surface area contributed by atoms with Gasteiger partial charge in [0.2, 0.25) is 0 Å². The van der Waals surface area contributed by atoms with E-state index in [9.17, 15) is 20.4 Å². The standard InChI is InChI=1S/C12H21IO9/c13-22-7-1-5(19-4-6(7)15)3-20-12-11(18)10(17)9(16)8(2-14)21-12/h5-12,14-18H,1-4H2/t5-,6+,7-,8+,9+,10-,11-,12-/m0/s1. The summed E-state index contributed by atoms with van der Waals surface area (Å²) in [6.45, 7) is -0.357. The number of rotatable bonds is 5. The first kappa shape index (κ1) is 18.7. The van der Waals surface area contributed by atoms with Gasteiger partial charge in [0.05, 0.1) is 25.9 Å². The lowest BCUT2D eigenvalue weighted by Gasteiger charge is -2.40. The summed E-state index contributed by atoms with van der Waals surface area (Å²) in [6, 6.07) is 0. The van der Waals surface area contributed by atoms with Gasteiger partial charge in [-0.05, 0) is 0 Å². The first-order chi connectivity index (χ1) is 10.5. The highest BCUT2D eigenvalue weighted by Gasteiger charge is 2.44. The molecule has 0 saturated carbocycles. The largest absolute Gasteiger partial charge is 0.394 e. The first-order valence-corrected chi connectivity index (χ1v) is 7.85. The molecule has 5 N–H and O–H groups in total. The molecule has 0 aliphatic carbocycles. The summed E-state index contributed by atoms with van der Waals surface area (Å²) in [5.41, 5.74) is 0. The molecule has 0 unspecified atom stereocenters. The second-order valence-electron chi connectivity index (χ2n) is 5.42. The Morgan fingerprint density at radius 2 is 1.82 bits per heavy atom. The van der Waals surface area contributed by atoms with Gasteiger partial charge in [0, 0.05) is 6.42 Å². The van der Waals surface area contributed by atoms with Crippen LogP contribution in [0.4, 0.5) is 0 Å². The highest BCUT2D eigenvalue weighted by atomic mass is 127. The van der Waals surface area contributed by atoms with E-state index >= 15 is 0 Å². The molecule has 2 aliphatic heterocycles. The van der Waals surface area contributed by atoms with Gasteiger partial charge in [0.1, 0.15) is 59.6 Å². The zero-order valence-corrected chi connectivity index (χ0v) is 13.9. The number of hydrogen-bond donors (Lipinski definition) is 5. The van der Waals surface area contributed by atoms with E-state index in [0.717, 1.165) is 0 Å². The fourth-order valence-electron chi connectivity index (χ4n) is 2.45. The Morgan fingerprint density at radius 1 is 1.09 bits per heavy atom. The van der Waals surface area contributed by atoms with E-state index in [2.05, 4.69) is 0 Å². The summed E-state index contributed by atoms with van der Waals surface area (Å²) in [6.07, 6.45) is -7.58. The summed E-state index contributed by atoms with van der Waals surface area (Å²) in [5, 5.41) is 47.9. The molecule has 0 spiro atoms. The molecular weight excluding hydrogens is 415 g/mol. The van der Waals surface area contributed by atoms with Gasteiger partial charge in [-0.1, -0.05) is 0 Å². The number of halogens is 1. The lowest BCUT2D eigenvalue weighted by molar-refractivity contribution is -0.307. The molecule has 2 aliphatic rings. The van der Waals surface area contributed by atoms with Crippen LogP contribution in [-0.2, 0) is 17.3 Å². The van der Waals surface area contributed by atoms with Gasteiger partial charge in [-0.15, -0.1) is 0 Å². The minimum atomic E-state index is -1.48. The van der Waals surface area contributed by atoms with Crippen molar-refractivity contribution in [3.05, 3.63) is 0 Å². The smallest absolute Gasteiger partial charge is 0.186 e. The van der Waals surface area contributed by atoms with Crippen LogP contribution in [0.2, 0.25) is 0 Å². The molecule has 0 bridgehead atoms. The third-order valence-corrected chi connectivity index (χ3v) is 4.49. The summed E-state index contributed by atoms with van der Waals surface area (Å²) in [7, 11) is 0. The molecule has 8 atom stereocenters. The molecular formula is C12H21IO9. The highest BCUT2D eigenvalue weighted by Crippen LogP contribution is 2.24. The SMILES string of the molecule is OC[C@H]1O[C@H](OC[C@@H]2C[C@H](OI)[C@H](O)CO2)[C@@H](O)[C@@H](O)[C@@H]1O. The lowest BCUT2D eigenvalue weighted by Crippen LogP contribution is -2.59. The molecule has 22 heavy (non-hydrogen) atoms. The molecule has 2 saturated heterocycles. The van der Waals surface area contributed by atoms with Gasteiger partial charge in [0.25, 0.3) is 0 Å². The molecule has 0 aromatic carbocycles. The average Bonchev–Trinajstić information content (AvgIpc) is 2.53. The average molecular weight is 436 g/mol. The normalized spacial score (nSPS) is 46.6. The Morgan fingerprint density at radius 3 is 2.45 bits per heavy atom. The van der Waals surface area contributed by atoms with Crippen LogP contribution < -0.4 is 0 Å². The van der Waals surface area contributed by atoms with Gasteiger partial charge in [-0.25, -0.2) is 0 Å². The zero-order chi connectivity index (χ0) is 16.3. The molecule has 0 radical (unpaired) electrons. The van der Waals surface area contributed by atoms with Gasteiger partial charge >= 0.3 is 0 Å². The van der Waals surface area contributed by atoms with Gasteiger partial charge < -0.3 is 42.8 Å². The summed E-state index contributed by atoms with van der Waals surface area (Å²) in [4.78, 5) is 0. The van der Waals surface area contributed by atoms with E-state index in [-0.39, 0.29) is 25.4 Å². The summed E-state index contributed by atoms with van der Waals surface area (Å²) in [5.74, 6) is 0. The van der Waals surface area contributed by atoms with E-state index in [1.54, 1.807) is 23.0 Å². The summed E-state index contributed by atoms with van der Waals surface area (Å²) >= 11 is 1.71. The fraction of sp³-hybridized carbons (Fsp3) is 1.00. The highest BCUT2D eigenvalue weighted by molar-refractivity contribution is 14.1. The Bertz CT molecular complexity index is 345. The molecule has 0 amide bonds. The minimum absolute atomic E-state index is 0.0475. The fourth-order valence-corrected chi connectivity index (χ4v) is 2.99. The quantitative estimate of drug-likeness (QED) is 0.301. The van der Waals surface area contributed by atoms with Crippen LogP contribution in [0.3, 0.4) is 0 Å². The second-order valence-corrected chi connectivity index (χ2v) is 5.93. The van der Waals surface area contributed by atoms with Crippen molar-refractivity contribution >= 4 is 23.0 Å². The van der Waals surface area contributed by atoms with Crippen LogP contribution in [0.25, 0.3) is 0 Å². The number of ether oxygens (including phenoxy) is 3. The topological polar surface area (TPSA) is 138 Å². The monoisotopic (exact) mass is 436 g/mol. The van der Waals surface area contributed by atoms with Crippen LogP contribution in [0.15, 0.2) is 0 Å². The number of aliphatic hydroxyl groups is 5. The van der Waals surface area contributed by atoms with Gasteiger partial charge in [-0.3, -0.25) is 0 Å². The van der Waals surface area contributed by atoms with E-state index in [4.69, 9.17) is 22.4 Å². The minimum Gasteiger partial charge on any atom is -0.394 e. The Kier molecular flexibility index (Phi) is 7.20. The van der Waals surface area contributed by atoms with Crippen molar-refractivity contribution in [2.75, 3.05) is 19.8 Å². The predicted octanol–water partition coefficient (Wildman–Crippen LogP) is -2.31. The first-order valence-electron chi connectivity index (χ1n) is 6.97. The number of hydrogen-bond acceptors (Lipinski definition) is 9. The van der Waals surface area contributed by atoms with Crippen LogP contribution >= 0.6 is 23.0 Å². The maximum absolute atomic E-state index is 9.84. The molecule has 2 fully saturated rings. The Labute approximate surface area is 141 Å². The van der Waals surface area contributed by atoms with Gasteiger partial charge in [0.15, 0.2) is 6.29 Å². The molecule has 0 aromatic heterocycles. The Hall–Kier alpha value is 0.370. The van der Waals surface area contributed by atoms with Crippen molar-refractivity contribution in [1.82, 2.24) is 0 Å². The third kappa shape index (κ3) is 4.26. The number of aliphatic hydroxyl groups excluding tert-OH is 5. The predicted molar refractivity (Wildman–Crippen MR) is 79.0 cm³/mol. The van der Waals surface area contributed by atoms with E-state index < -0.39 is 43.4 Å². The van der Waals surface area contributed by atoms with Crippen molar-refractivity contribution in [2.45, 2.75) is 55.4 Å². The lowest BCUT2D eigenvalue weighted by atomic mass is 9.99. The van der Waals surface area contributed by atoms with Crippen molar-refractivity contribution < 1.29 is 42.8 Å². The van der Waals surface area contributed by atoms with Crippen LogP contribution in [0, 0.1) is 0 Å². The van der Waals surface area contributed by atoms with Gasteiger partial charge in [-0.2, -0.15) is 0 Å². The molecule has 0 aromatic rings. The summed E-state index contributed by atoms with van der Waals surface area (Å²) < 4.78 is 21.1. The zero-order valence-electron chi connectivity index (χ0n) is 11.7. The molecule has 2 rings (SSSR count). The maximum atomic E-state index is 9.84. The van der Waals surface area contributed by atoms with Crippen molar-refractivity contribution in [3.63, 3.8) is 0 Å². The van der Waals surface area contributed by atoms with Crippen molar-refractivity contribution in [2.24, 2.45) is 0 Å². The van der Waals surface area contributed by atoms with E-state index in [1.807, 2.05) is 0 Å². The molecule has 10 heteroatoms. The van der Waals surface area contributed by atoms with Crippen LogP contribution in [-0.4, -0.2) is 94.4 Å². The van der Waals surface area contributed by atoms with Crippen LogP contribution in [0.1, 0.15) is 6.42 Å². The van der Waals surface area contributed by atoms with Crippen LogP contribution in [0.5, 0.6) is 0 Å². The molecule has 2 heterocycles. The molecule has 130 valence electrons. The second kappa shape index (κ2) is 8.46. The molecule has 9 nitrogen and oxygen atoms in total. The van der Waals surface area contributed by atoms with E-state index in [0.29, 0.717) is 6.42 Å². The Balaban J connectivity index is 1.85. The van der Waals surface area contributed by atoms with Crippen molar-refractivity contribution in [3.8, 4) is 0 Å². The van der Waals surface area contributed by atoms with Crippen molar-refractivity contribution in [1.29, 1.82) is 0 Å². The van der Waals surface area contributed by atoms with E-state index in [1.165, 1.54) is 0 Å². The third-order valence-electron chi connectivity index (χ3n) is 3.84.